The number of amides is 3. The third-order valence-electron chi connectivity index (χ3n) is 5.63. The Bertz CT molecular complexity index is 1270. The second-order valence-electron chi connectivity index (χ2n) is 7.87. The van der Waals surface area contributed by atoms with Crippen LogP contribution in [0.2, 0.25) is 0 Å². The van der Waals surface area contributed by atoms with Crippen LogP contribution in [0, 0.1) is 29.2 Å². The van der Waals surface area contributed by atoms with Crippen LogP contribution in [-0.2, 0) is 4.79 Å². The molecule has 2 unspecified atom stereocenters. The summed E-state index contributed by atoms with van der Waals surface area (Å²) in [5.74, 6) is -4.13. The predicted molar refractivity (Wildman–Crippen MR) is 124 cm³/mol. The normalized spacial score (nSPS) is 19.0. The van der Waals surface area contributed by atoms with Crippen molar-refractivity contribution in [3.63, 3.8) is 0 Å². The zero-order valence-corrected chi connectivity index (χ0v) is 18.7. The molecule has 35 heavy (non-hydrogen) atoms. The smallest absolute Gasteiger partial charge is 0.323 e. The Labute approximate surface area is 198 Å². The van der Waals surface area contributed by atoms with Crippen molar-refractivity contribution in [1.29, 1.82) is 0 Å². The van der Waals surface area contributed by atoms with E-state index in [-0.39, 0.29) is 28.8 Å². The van der Waals surface area contributed by atoms with Crippen LogP contribution < -0.4 is 16.0 Å². The third-order valence-corrected chi connectivity index (χ3v) is 5.63. The molecule has 0 fully saturated rings. The Kier molecular flexibility index (Phi) is 6.59. The molecule has 2 heterocycles. The van der Waals surface area contributed by atoms with E-state index in [2.05, 4.69) is 20.9 Å². The van der Waals surface area contributed by atoms with Crippen molar-refractivity contribution in [2.45, 2.75) is 13.0 Å². The average molecular weight is 487 g/mol. The highest BCUT2D eigenvalue weighted by atomic mass is 19.1. The van der Waals surface area contributed by atoms with Crippen molar-refractivity contribution in [2.75, 3.05) is 24.2 Å². The fourth-order valence-electron chi connectivity index (χ4n) is 4.03. The van der Waals surface area contributed by atoms with Crippen molar-refractivity contribution >= 4 is 35.1 Å². The van der Waals surface area contributed by atoms with Crippen LogP contribution in [0.4, 0.5) is 33.7 Å². The summed E-state index contributed by atoms with van der Waals surface area (Å²) in [6, 6.07) is 2.58. The number of rotatable bonds is 5. The third kappa shape index (κ3) is 4.88. The van der Waals surface area contributed by atoms with Crippen LogP contribution in [0.1, 0.15) is 12.5 Å². The molecule has 0 radical (unpaired) electrons. The maximum atomic E-state index is 14.8. The van der Waals surface area contributed by atoms with E-state index in [1.54, 1.807) is 37.2 Å². The molecule has 0 bridgehead atoms. The molecule has 0 saturated carbocycles. The number of nitrogens with one attached hydrogen (secondary N) is 3. The monoisotopic (exact) mass is 487 g/mol. The number of likely N-dealkylation sites (N-methyl/N-ethyl adjacent to an activating group) is 1. The molecule has 0 saturated heterocycles. The molecule has 2 aliphatic heterocycles. The fraction of sp³-hybridized carbons (Fsp3) is 0.208. The first-order valence-corrected chi connectivity index (χ1v) is 10.7. The highest BCUT2D eigenvalue weighted by Gasteiger charge is 2.37. The number of aliphatic imine (C=N–C) groups is 1. The van der Waals surface area contributed by atoms with Crippen molar-refractivity contribution in [3.8, 4) is 0 Å². The summed E-state index contributed by atoms with van der Waals surface area (Å²) >= 11 is 0. The largest absolute Gasteiger partial charge is 0.373 e. The topological polar surface area (TPSA) is 85.8 Å². The average Bonchev–Trinajstić information content (AvgIpc) is 2.79. The van der Waals surface area contributed by atoms with Crippen molar-refractivity contribution in [3.05, 3.63) is 77.1 Å². The second kappa shape index (κ2) is 9.61. The van der Waals surface area contributed by atoms with Gasteiger partial charge in [-0.2, -0.15) is 0 Å². The first-order chi connectivity index (χ1) is 16.7. The molecule has 2 aliphatic rings. The van der Waals surface area contributed by atoms with E-state index < -0.39 is 40.9 Å². The summed E-state index contributed by atoms with van der Waals surface area (Å²) < 4.78 is 56.0. The molecule has 3 amide bonds. The highest BCUT2D eigenvalue weighted by molar-refractivity contribution is 6.21. The Morgan fingerprint density at radius 3 is 2.37 bits per heavy atom. The zero-order chi connectivity index (χ0) is 25.3. The molecule has 0 aromatic heterocycles. The number of nitrogens with zero attached hydrogens (tertiary/aromatic N) is 2. The van der Waals surface area contributed by atoms with Crippen molar-refractivity contribution < 1.29 is 27.2 Å². The minimum atomic E-state index is -1.10. The molecule has 2 aromatic rings. The summed E-state index contributed by atoms with van der Waals surface area (Å²) in [6.45, 7) is 2.11. The molecule has 7 nitrogen and oxygen atoms in total. The van der Waals surface area contributed by atoms with Gasteiger partial charge in [0.25, 0.3) is 5.91 Å². The SMILES string of the molecule is CCN1C(=O)C(c2cc(NC(=O)Nc3cc(F)cc(F)c3)c(F)cc2F)=CC2C=NC(NC)=CC21. The summed E-state index contributed by atoms with van der Waals surface area (Å²) in [5, 5.41) is 7.27. The van der Waals surface area contributed by atoms with Gasteiger partial charge in [0.05, 0.1) is 11.7 Å². The summed E-state index contributed by atoms with van der Waals surface area (Å²) in [6.07, 6.45) is 4.99. The van der Waals surface area contributed by atoms with Gasteiger partial charge in [-0.15, -0.1) is 0 Å². The van der Waals surface area contributed by atoms with Gasteiger partial charge in [0.15, 0.2) is 0 Å². The molecular formula is C24H21F4N5O2. The number of hydrogen-bond donors (Lipinski definition) is 3. The quantitative estimate of drug-likeness (QED) is 0.551. The van der Waals surface area contributed by atoms with Crippen LogP contribution >= 0.6 is 0 Å². The van der Waals surface area contributed by atoms with Gasteiger partial charge in [-0.1, -0.05) is 6.08 Å². The first-order valence-electron chi connectivity index (χ1n) is 10.7. The number of carbonyl (C=O) groups excluding carboxylic acids is 2. The van der Waals surface area contributed by atoms with Gasteiger partial charge in [-0.05, 0) is 31.2 Å². The number of benzene rings is 2. The summed E-state index contributed by atoms with van der Waals surface area (Å²) in [7, 11) is 1.70. The number of carbonyl (C=O) groups is 2. The van der Waals surface area contributed by atoms with Gasteiger partial charge in [0.1, 0.15) is 29.1 Å². The first kappa shape index (κ1) is 24.0. The van der Waals surface area contributed by atoms with Gasteiger partial charge in [0, 0.05) is 54.7 Å². The van der Waals surface area contributed by atoms with E-state index in [0.717, 1.165) is 18.2 Å². The lowest BCUT2D eigenvalue weighted by atomic mass is 9.87. The van der Waals surface area contributed by atoms with Crippen LogP contribution in [-0.4, -0.2) is 42.7 Å². The van der Waals surface area contributed by atoms with Gasteiger partial charge in [-0.25, -0.2) is 27.3 Å². The van der Waals surface area contributed by atoms with E-state index in [1.807, 2.05) is 0 Å². The number of fused-ring (bicyclic) bond motifs is 1. The Balaban J connectivity index is 1.64. The van der Waals surface area contributed by atoms with Gasteiger partial charge < -0.3 is 20.9 Å². The van der Waals surface area contributed by atoms with E-state index in [0.29, 0.717) is 24.5 Å². The standard InChI is InChI=1S/C24H21F4N5O2/c1-3-33-21-10-22(29-2)30-11-12(21)4-17(23(33)34)16-8-20(19(28)9-18(16)27)32-24(35)31-15-6-13(25)5-14(26)7-15/h4-12,21,29H,3H2,1-2H3,(H2,31,32,35). The predicted octanol–water partition coefficient (Wildman–Crippen LogP) is 4.26. The van der Waals surface area contributed by atoms with Gasteiger partial charge >= 0.3 is 6.03 Å². The molecule has 11 heteroatoms. The maximum absolute atomic E-state index is 14.8. The minimum absolute atomic E-state index is 0.00554. The lowest BCUT2D eigenvalue weighted by Crippen LogP contribution is -2.48. The van der Waals surface area contributed by atoms with Crippen LogP contribution in [0.3, 0.4) is 0 Å². The molecular weight excluding hydrogens is 466 g/mol. The lowest BCUT2D eigenvalue weighted by Gasteiger charge is -2.38. The van der Waals surface area contributed by atoms with Crippen LogP contribution in [0.15, 0.2) is 53.3 Å². The molecule has 4 rings (SSSR count). The number of anilines is 2. The van der Waals surface area contributed by atoms with E-state index in [4.69, 9.17) is 0 Å². The van der Waals surface area contributed by atoms with E-state index in [1.165, 1.54) is 0 Å². The second-order valence-corrected chi connectivity index (χ2v) is 7.87. The molecule has 2 aromatic carbocycles. The highest BCUT2D eigenvalue weighted by Crippen LogP contribution is 2.34. The van der Waals surface area contributed by atoms with E-state index >= 15 is 0 Å². The number of hydrogen-bond acceptors (Lipinski definition) is 4. The molecule has 3 N–H and O–H groups in total. The molecule has 182 valence electrons. The summed E-state index contributed by atoms with van der Waals surface area (Å²) in [5.41, 5.74) is -0.848. The summed E-state index contributed by atoms with van der Waals surface area (Å²) in [4.78, 5) is 31.3. The van der Waals surface area contributed by atoms with Crippen molar-refractivity contribution in [2.24, 2.45) is 10.9 Å². The molecule has 0 aliphatic carbocycles. The molecule has 0 spiro atoms. The Morgan fingerprint density at radius 2 is 1.71 bits per heavy atom. The van der Waals surface area contributed by atoms with Crippen LogP contribution in [0.5, 0.6) is 0 Å². The van der Waals surface area contributed by atoms with Gasteiger partial charge in [-0.3, -0.25) is 4.79 Å². The molecule has 2 atom stereocenters. The Hall–Kier alpha value is -4.15. The van der Waals surface area contributed by atoms with Gasteiger partial charge in [0.2, 0.25) is 0 Å². The minimum Gasteiger partial charge on any atom is -0.373 e. The number of urea groups is 1. The lowest BCUT2D eigenvalue weighted by molar-refractivity contribution is -0.127. The van der Waals surface area contributed by atoms with Crippen molar-refractivity contribution in [1.82, 2.24) is 10.2 Å². The maximum Gasteiger partial charge on any atom is 0.323 e. The van der Waals surface area contributed by atoms with E-state index in [9.17, 15) is 27.2 Å². The fourth-order valence-corrected chi connectivity index (χ4v) is 4.03. The zero-order valence-electron chi connectivity index (χ0n) is 18.7. The number of halogens is 4. The van der Waals surface area contributed by atoms with Crippen LogP contribution in [0.25, 0.3) is 5.57 Å². The Morgan fingerprint density at radius 1 is 1.00 bits per heavy atom.